The van der Waals surface area contributed by atoms with Crippen LogP contribution in [0.15, 0.2) is 18.3 Å². The molecule has 1 N–H and O–H groups in total. The standard InChI is InChI=1S/C15H20ClN3O2/c1-9(11-8-19(3)18-10(11)2)17-13-6-12(16)14(20-4)7-15(13)21-5/h6-9,17H,1-5H3. The van der Waals surface area contributed by atoms with Gasteiger partial charge in [0, 0.05) is 24.9 Å². The number of rotatable bonds is 5. The van der Waals surface area contributed by atoms with Crippen molar-refractivity contribution in [1.82, 2.24) is 9.78 Å². The monoisotopic (exact) mass is 309 g/mol. The molecule has 1 aromatic carbocycles. The number of aromatic nitrogens is 2. The molecule has 0 aliphatic carbocycles. The Hall–Kier alpha value is -1.88. The van der Waals surface area contributed by atoms with Crippen LogP contribution in [-0.2, 0) is 7.05 Å². The predicted octanol–water partition coefficient (Wildman–Crippen LogP) is 3.57. The summed E-state index contributed by atoms with van der Waals surface area (Å²) in [7, 11) is 5.11. The molecule has 0 spiro atoms. The van der Waals surface area contributed by atoms with Crippen molar-refractivity contribution in [3.05, 3.63) is 34.6 Å². The summed E-state index contributed by atoms with van der Waals surface area (Å²) in [5.74, 6) is 1.27. The van der Waals surface area contributed by atoms with Crippen molar-refractivity contribution in [2.24, 2.45) is 7.05 Å². The Bertz CT molecular complexity index is 640. The summed E-state index contributed by atoms with van der Waals surface area (Å²) in [6.07, 6.45) is 2.00. The van der Waals surface area contributed by atoms with Crippen LogP contribution in [0, 0.1) is 6.92 Å². The average molecular weight is 310 g/mol. The summed E-state index contributed by atoms with van der Waals surface area (Å²) in [5, 5.41) is 8.30. The Balaban J connectivity index is 2.30. The van der Waals surface area contributed by atoms with Crippen molar-refractivity contribution >= 4 is 17.3 Å². The third kappa shape index (κ3) is 3.24. The number of hydrogen-bond donors (Lipinski definition) is 1. The first-order chi connectivity index (χ1) is 9.96. The largest absolute Gasteiger partial charge is 0.495 e. The normalized spacial score (nSPS) is 12.1. The van der Waals surface area contributed by atoms with E-state index < -0.39 is 0 Å². The number of anilines is 1. The van der Waals surface area contributed by atoms with Gasteiger partial charge in [-0.1, -0.05) is 11.6 Å². The van der Waals surface area contributed by atoms with Gasteiger partial charge >= 0.3 is 0 Å². The molecule has 0 saturated heterocycles. The van der Waals surface area contributed by atoms with Crippen LogP contribution in [0.5, 0.6) is 11.5 Å². The first-order valence-corrected chi connectivity index (χ1v) is 7.02. The van der Waals surface area contributed by atoms with E-state index in [0.29, 0.717) is 16.5 Å². The fraction of sp³-hybridized carbons (Fsp3) is 0.400. The summed E-state index contributed by atoms with van der Waals surface area (Å²) in [5.41, 5.74) is 2.95. The third-order valence-corrected chi connectivity index (χ3v) is 3.66. The van der Waals surface area contributed by atoms with Gasteiger partial charge in [0.1, 0.15) is 11.5 Å². The Morgan fingerprint density at radius 2 is 1.90 bits per heavy atom. The Labute approximate surface area is 129 Å². The topological polar surface area (TPSA) is 48.3 Å². The number of halogens is 1. The molecule has 0 amide bonds. The maximum atomic E-state index is 6.19. The first-order valence-electron chi connectivity index (χ1n) is 6.64. The van der Waals surface area contributed by atoms with Crippen molar-refractivity contribution in [3.63, 3.8) is 0 Å². The quantitative estimate of drug-likeness (QED) is 0.917. The van der Waals surface area contributed by atoms with Gasteiger partial charge in [-0.2, -0.15) is 5.10 Å². The summed E-state index contributed by atoms with van der Waals surface area (Å²) in [6, 6.07) is 3.66. The highest BCUT2D eigenvalue weighted by Crippen LogP contribution is 2.37. The molecule has 0 saturated carbocycles. The van der Waals surface area contributed by atoms with E-state index in [4.69, 9.17) is 21.1 Å². The van der Waals surface area contributed by atoms with Crippen LogP contribution < -0.4 is 14.8 Å². The summed E-state index contributed by atoms with van der Waals surface area (Å²) >= 11 is 6.19. The zero-order valence-electron chi connectivity index (χ0n) is 12.9. The second-order valence-corrected chi connectivity index (χ2v) is 5.30. The van der Waals surface area contributed by atoms with Crippen molar-refractivity contribution in [3.8, 4) is 11.5 Å². The highest BCUT2D eigenvalue weighted by atomic mass is 35.5. The lowest BCUT2D eigenvalue weighted by atomic mass is 10.1. The molecule has 0 bridgehead atoms. The van der Waals surface area contributed by atoms with Crippen molar-refractivity contribution < 1.29 is 9.47 Å². The van der Waals surface area contributed by atoms with Gasteiger partial charge < -0.3 is 14.8 Å². The molecular formula is C15H20ClN3O2. The van der Waals surface area contributed by atoms with Crippen LogP contribution in [0.3, 0.4) is 0 Å². The Morgan fingerprint density at radius 1 is 1.24 bits per heavy atom. The van der Waals surface area contributed by atoms with E-state index in [1.807, 2.05) is 20.2 Å². The van der Waals surface area contributed by atoms with E-state index in [9.17, 15) is 0 Å². The first kappa shape index (κ1) is 15.5. The van der Waals surface area contributed by atoms with Crippen molar-refractivity contribution in [2.45, 2.75) is 19.9 Å². The van der Waals surface area contributed by atoms with Crippen LogP contribution in [0.1, 0.15) is 24.2 Å². The van der Waals surface area contributed by atoms with E-state index in [2.05, 4.69) is 17.3 Å². The lowest BCUT2D eigenvalue weighted by molar-refractivity contribution is 0.395. The Morgan fingerprint density at radius 3 is 2.43 bits per heavy atom. The fourth-order valence-corrected chi connectivity index (χ4v) is 2.57. The van der Waals surface area contributed by atoms with Crippen LogP contribution in [0.4, 0.5) is 5.69 Å². The molecule has 5 nitrogen and oxygen atoms in total. The SMILES string of the molecule is COc1cc(OC)c(NC(C)c2cn(C)nc2C)cc1Cl. The smallest absolute Gasteiger partial charge is 0.145 e. The predicted molar refractivity (Wildman–Crippen MR) is 84.5 cm³/mol. The molecule has 6 heteroatoms. The van der Waals surface area contributed by atoms with E-state index in [1.165, 1.54) is 0 Å². The van der Waals surface area contributed by atoms with Crippen molar-refractivity contribution in [2.75, 3.05) is 19.5 Å². The fourth-order valence-electron chi connectivity index (χ4n) is 2.33. The molecule has 0 aliphatic rings. The van der Waals surface area contributed by atoms with Gasteiger partial charge in [-0.15, -0.1) is 0 Å². The minimum atomic E-state index is 0.0806. The van der Waals surface area contributed by atoms with Crippen molar-refractivity contribution in [1.29, 1.82) is 0 Å². The molecule has 21 heavy (non-hydrogen) atoms. The van der Waals surface area contributed by atoms with Crippen LogP contribution >= 0.6 is 11.6 Å². The number of ether oxygens (including phenoxy) is 2. The maximum Gasteiger partial charge on any atom is 0.145 e. The number of methoxy groups -OCH3 is 2. The minimum Gasteiger partial charge on any atom is -0.495 e. The van der Waals surface area contributed by atoms with Gasteiger partial charge in [0.15, 0.2) is 0 Å². The van der Waals surface area contributed by atoms with E-state index in [0.717, 1.165) is 16.9 Å². The van der Waals surface area contributed by atoms with Gasteiger partial charge in [-0.3, -0.25) is 4.68 Å². The number of aryl methyl sites for hydroxylation is 2. The molecule has 0 aliphatic heterocycles. The van der Waals surface area contributed by atoms with E-state index in [-0.39, 0.29) is 6.04 Å². The van der Waals surface area contributed by atoms with Gasteiger partial charge in [-0.05, 0) is 19.9 Å². The highest BCUT2D eigenvalue weighted by molar-refractivity contribution is 6.32. The van der Waals surface area contributed by atoms with Gasteiger partial charge in [-0.25, -0.2) is 0 Å². The van der Waals surface area contributed by atoms with Crippen LogP contribution in [0.25, 0.3) is 0 Å². The maximum absolute atomic E-state index is 6.19. The molecule has 2 rings (SSSR count). The second-order valence-electron chi connectivity index (χ2n) is 4.90. The van der Waals surface area contributed by atoms with Gasteiger partial charge in [0.25, 0.3) is 0 Å². The zero-order chi connectivity index (χ0) is 15.6. The van der Waals surface area contributed by atoms with E-state index in [1.54, 1.807) is 31.0 Å². The molecule has 2 aromatic rings. The number of hydrogen-bond acceptors (Lipinski definition) is 4. The lowest BCUT2D eigenvalue weighted by Gasteiger charge is -2.18. The van der Waals surface area contributed by atoms with Gasteiger partial charge in [0.05, 0.1) is 36.7 Å². The summed E-state index contributed by atoms with van der Waals surface area (Å²) in [4.78, 5) is 0. The number of benzene rings is 1. The van der Waals surface area contributed by atoms with Crippen LogP contribution in [-0.4, -0.2) is 24.0 Å². The number of nitrogens with zero attached hydrogens (tertiary/aromatic N) is 2. The molecule has 1 aromatic heterocycles. The Kier molecular flexibility index (Phi) is 4.63. The minimum absolute atomic E-state index is 0.0806. The lowest BCUT2D eigenvalue weighted by Crippen LogP contribution is -2.08. The summed E-state index contributed by atoms with van der Waals surface area (Å²) < 4.78 is 12.4. The molecule has 0 radical (unpaired) electrons. The van der Waals surface area contributed by atoms with E-state index >= 15 is 0 Å². The number of nitrogens with one attached hydrogen (secondary N) is 1. The average Bonchev–Trinajstić information content (AvgIpc) is 2.78. The second kappa shape index (κ2) is 6.26. The molecule has 1 unspecified atom stereocenters. The molecule has 1 heterocycles. The molecule has 114 valence electrons. The molecule has 0 fully saturated rings. The third-order valence-electron chi connectivity index (χ3n) is 3.36. The summed E-state index contributed by atoms with van der Waals surface area (Å²) in [6.45, 7) is 4.06. The van der Waals surface area contributed by atoms with Crippen LogP contribution in [0.2, 0.25) is 5.02 Å². The molecule has 1 atom stereocenters. The molecular weight excluding hydrogens is 290 g/mol. The zero-order valence-corrected chi connectivity index (χ0v) is 13.7. The highest BCUT2D eigenvalue weighted by Gasteiger charge is 2.15. The van der Waals surface area contributed by atoms with Gasteiger partial charge in [0.2, 0.25) is 0 Å².